The van der Waals surface area contributed by atoms with Crippen molar-refractivity contribution < 1.29 is 51.8 Å². The minimum Gasteiger partial charge on any atom is -0.490 e. The zero-order valence-electron chi connectivity index (χ0n) is 20.9. The molecular weight excluding hydrogens is 598 g/mol. The van der Waals surface area contributed by atoms with Gasteiger partial charge in [0.25, 0.3) is 17.5 Å². The maximum absolute atomic E-state index is 13.2. The van der Waals surface area contributed by atoms with E-state index in [4.69, 9.17) is 9.26 Å². The van der Waals surface area contributed by atoms with E-state index in [1.54, 1.807) is 7.05 Å². The lowest BCUT2D eigenvalue weighted by atomic mass is 9.98. The van der Waals surface area contributed by atoms with Crippen molar-refractivity contribution in [2.75, 3.05) is 31.5 Å². The number of fused-ring (bicyclic) bond motifs is 1. The number of carboxylic acid groups (broad SMARTS) is 1. The van der Waals surface area contributed by atoms with E-state index in [2.05, 4.69) is 30.7 Å². The molecule has 0 saturated carbocycles. The Kier molecular flexibility index (Phi) is 8.10. The molecule has 0 unspecified atom stereocenters. The molecule has 4 rings (SSSR count). The van der Waals surface area contributed by atoms with Crippen LogP contribution in [-0.4, -0.2) is 115 Å². The summed E-state index contributed by atoms with van der Waals surface area (Å²) in [4.78, 5) is 50.9. The highest BCUT2D eigenvalue weighted by Gasteiger charge is 2.66. The van der Waals surface area contributed by atoms with Crippen LogP contribution in [0, 0.1) is 0 Å². The molecule has 2 amide bonds. The first-order valence-electron chi connectivity index (χ1n) is 10.9. The standard InChI is InChI=1S/C19H21N7O11S3/c1-25-18(21-23-24-25)39-5-8-4-38-17-19(36-3,16(32)26(17)12(8)14(29)30)20-10(27)7-40(33,34)6-9-11(15(31)35-2)13(28)22-37-9/h17H,4-7H2,1-3H3,(H,20,27)(H,22,28)(H,29,30)/t17-,19+/m1/s1. The Hall–Kier alpha value is -3.69. The number of ether oxygens (including phenoxy) is 2. The highest BCUT2D eigenvalue weighted by atomic mass is 32.2. The molecule has 21 heteroatoms. The molecule has 2 atom stereocenters. The number of tetrazole rings is 1. The SMILES string of the molecule is COC(=O)c1c(O)noc1CS(=O)(=O)CC(=O)N[C@]1(OC)C(=O)N2C(C(=O)O)=C(CSc3nnnn3C)CS[C@@H]21. The molecule has 0 radical (unpaired) electrons. The third-order valence-corrected chi connectivity index (χ3v) is 9.63. The maximum atomic E-state index is 13.2. The zero-order valence-corrected chi connectivity index (χ0v) is 23.3. The van der Waals surface area contributed by atoms with Gasteiger partial charge in [0.1, 0.15) is 22.6 Å². The summed E-state index contributed by atoms with van der Waals surface area (Å²) in [5.74, 6) is -7.82. The van der Waals surface area contributed by atoms with Gasteiger partial charge >= 0.3 is 11.9 Å². The van der Waals surface area contributed by atoms with Crippen LogP contribution in [0.1, 0.15) is 16.1 Å². The monoisotopic (exact) mass is 619 g/mol. The number of esters is 1. The van der Waals surface area contributed by atoms with E-state index < -0.39 is 73.4 Å². The van der Waals surface area contributed by atoms with Crippen LogP contribution in [0.5, 0.6) is 5.88 Å². The van der Waals surface area contributed by atoms with E-state index >= 15 is 0 Å². The number of sulfone groups is 1. The van der Waals surface area contributed by atoms with E-state index in [1.807, 2.05) is 0 Å². The topological polar surface area (TPSA) is 246 Å². The predicted octanol–water partition coefficient (Wildman–Crippen LogP) is -1.89. The van der Waals surface area contributed by atoms with Gasteiger partial charge in [-0.15, -0.1) is 16.9 Å². The van der Waals surface area contributed by atoms with Gasteiger partial charge in [0.15, 0.2) is 21.2 Å². The normalized spacial score (nSPS) is 20.6. The lowest BCUT2D eigenvalue weighted by Gasteiger charge is -2.55. The summed E-state index contributed by atoms with van der Waals surface area (Å²) >= 11 is 2.28. The molecule has 2 aliphatic heterocycles. The van der Waals surface area contributed by atoms with Crippen molar-refractivity contribution in [1.82, 2.24) is 35.6 Å². The van der Waals surface area contributed by atoms with E-state index in [-0.39, 0.29) is 17.2 Å². The van der Waals surface area contributed by atoms with Gasteiger partial charge in [0.2, 0.25) is 11.1 Å². The van der Waals surface area contributed by atoms with Crippen molar-refractivity contribution >= 4 is 57.1 Å². The number of amides is 2. The van der Waals surface area contributed by atoms with Gasteiger partial charge in [-0.05, 0) is 21.2 Å². The van der Waals surface area contributed by atoms with E-state index in [1.165, 1.54) is 16.4 Å². The van der Waals surface area contributed by atoms with Crippen LogP contribution in [-0.2, 0) is 46.5 Å². The Bertz CT molecular complexity index is 1520. The quantitative estimate of drug-likeness (QED) is 0.108. The average Bonchev–Trinajstić information content (AvgIpc) is 3.47. The molecular formula is C19H21N7O11S3. The Labute approximate surface area is 233 Å². The Balaban J connectivity index is 1.49. The lowest BCUT2D eigenvalue weighted by molar-refractivity contribution is -0.192. The molecule has 40 heavy (non-hydrogen) atoms. The minimum absolute atomic E-state index is 0.152. The molecule has 216 valence electrons. The van der Waals surface area contributed by atoms with Crippen LogP contribution in [0.2, 0.25) is 0 Å². The fourth-order valence-electron chi connectivity index (χ4n) is 3.96. The molecule has 0 aromatic carbocycles. The second-order valence-electron chi connectivity index (χ2n) is 8.29. The van der Waals surface area contributed by atoms with Crippen LogP contribution >= 0.6 is 23.5 Å². The largest absolute Gasteiger partial charge is 0.490 e. The highest BCUT2D eigenvalue weighted by Crippen LogP contribution is 2.47. The van der Waals surface area contributed by atoms with Crippen LogP contribution in [0.4, 0.5) is 0 Å². The Morgan fingerprint density at radius 2 is 2.05 bits per heavy atom. The summed E-state index contributed by atoms with van der Waals surface area (Å²) in [5.41, 5.74) is -2.52. The van der Waals surface area contributed by atoms with Crippen molar-refractivity contribution in [2.45, 2.75) is 22.0 Å². The van der Waals surface area contributed by atoms with Crippen LogP contribution in [0.3, 0.4) is 0 Å². The Morgan fingerprint density at radius 3 is 2.65 bits per heavy atom. The number of aromatic hydroxyl groups is 1. The lowest BCUT2D eigenvalue weighted by Crippen LogP contribution is -2.81. The van der Waals surface area contributed by atoms with Gasteiger partial charge in [-0.2, -0.15) is 0 Å². The first-order valence-corrected chi connectivity index (χ1v) is 14.8. The molecule has 0 aliphatic carbocycles. The first-order chi connectivity index (χ1) is 18.8. The maximum Gasteiger partial charge on any atom is 0.352 e. The highest BCUT2D eigenvalue weighted by molar-refractivity contribution is 8.01. The Morgan fingerprint density at radius 1 is 1.32 bits per heavy atom. The average molecular weight is 620 g/mol. The summed E-state index contributed by atoms with van der Waals surface area (Å²) in [6.45, 7) is 0. The van der Waals surface area contributed by atoms with Gasteiger partial charge in [-0.25, -0.2) is 22.7 Å². The molecule has 0 spiro atoms. The number of carbonyl (C=O) groups is 4. The number of aryl methyl sites for hydroxylation is 1. The summed E-state index contributed by atoms with van der Waals surface area (Å²) in [6.07, 6.45) is 0. The van der Waals surface area contributed by atoms with Gasteiger partial charge in [-0.3, -0.25) is 14.5 Å². The van der Waals surface area contributed by atoms with Gasteiger partial charge in [-0.1, -0.05) is 11.8 Å². The second-order valence-corrected chi connectivity index (χ2v) is 12.4. The fourth-order valence-corrected chi connectivity index (χ4v) is 7.56. The molecule has 2 aromatic rings. The third-order valence-electron chi connectivity index (χ3n) is 5.75. The number of nitrogens with zero attached hydrogens (tertiary/aromatic N) is 6. The first kappa shape index (κ1) is 29.3. The van der Waals surface area contributed by atoms with Gasteiger partial charge < -0.3 is 29.5 Å². The molecule has 1 saturated heterocycles. The number of aliphatic carboxylic acids is 1. The van der Waals surface area contributed by atoms with Crippen molar-refractivity contribution in [3.05, 3.63) is 22.6 Å². The second kappa shape index (κ2) is 11.1. The van der Waals surface area contributed by atoms with Crippen molar-refractivity contribution in [1.29, 1.82) is 0 Å². The number of hydrogen-bond donors (Lipinski definition) is 3. The molecule has 18 nitrogen and oxygen atoms in total. The molecule has 3 N–H and O–H groups in total. The summed E-state index contributed by atoms with van der Waals surface area (Å²) in [6, 6.07) is 0. The molecule has 2 aromatic heterocycles. The van der Waals surface area contributed by atoms with Crippen molar-refractivity contribution in [3.63, 3.8) is 0 Å². The van der Waals surface area contributed by atoms with Crippen LogP contribution in [0.15, 0.2) is 20.9 Å². The van der Waals surface area contributed by atoms with Crippen molar-refractivity contribution in [2.24, 2.45) is 7.05 Å². The van der Waals surface area contributed by atoms with Gasteiger partial charge in [0.05, 0.1) is 7.11 Å². The zero-order chi connectivity index (χ0) is 29.4. The number of nitrogens with one attached hydrogen (secondary N) is 1. The van der Waals surface area contributed by atoms with E-state index in [0.717, 1.165) is 30.9 Å². The summed E-state index contributed by atoms with van der Waals surface area (Å²) in [5, 5.41) is 35.4. The number of carboxylic acids is 1. The van der Waals surface area contributed by atoms with E-state index in [0.29, 0.717) is 10.7 Å². The number of methoxy groups -OCH3 is 2. The van der Waals surface area contributed by atoms with E-state index in [9.17, 15) is 37.8 Å². The number of hydrogen-bond acceptors (Lipinski definition) is 16. The van der Waals surface area contributed by atoms with Gasteiger partial charge in [0, 0.05) is 25.7 Å². The molecule has 0 bridgehead atoms. The summed E-state index contributed by atoms with van der Waals surface area (Å²) < 4.78 is 41.2. The molecule has 1 fully saturated rings. The third kappa shape index (κ3) is 5.23. The number of carbonyl (C=O) groups excluding carboxylic acids is 3. The molecule has 2 aliphatic rings. The minimum atomic E-state index is -4.34. The predicted molar refractivity (Wildman–Crippen MR) is 132 cm³/mol. The molecule has 4 heterocycles. The summed E-state index contributed by atoms with van der Waals surface area (Å²) in [7, 11) is -0.617. The van der Waals surface area contributed by atoms with Crippen LogP contribution in [0.25, 0.3) is 0 Å². The van der Waals surface area contributed by atoms with Crippen LogP contribution < -0.4 is 5.32 Å². The van der Waals surface area contributed by atoms with Crippen molar-refractivity contribution in [3.8, 4) is 5.88 Å². The number of thioether (sulfide) groups is 2. The smallest absolute Gasteiger partial charge is 0.352 e. The number of β-lactam (4-membered cyclic amide) rings is 1. The number of rotatable bonds is 11. The fraction of sp³-hybridized carbons (Fsp3) is 0.474. The number of aromatic nitrogens is 5.